The number of pyridine rings is 1. The molecule has 1 spiro atoms. The summed E-state index contributed by atoms with van der Waals surface area (Å²) in [5.74, 6) is -0.203. The van der Waals surface area contributed by atoms with E-state index in [1.54, 1.807) is 6.07 Å². The number of piperidine rings is 1. The Bertz CT molecular complexity index is 528. The zero-order valence-electron chi connectivity index (χ0n) is 11.4. The molecule has 0 aromatic carbocycles. The van der Waals surface area contributed by atoms with E-state index in [-0.39, 0.29) is 10.6 Å². The molecule has 0 amide bonds. The zero-order valence-corrected chi connectivity index (χ0v) is 11.4. The second kappa shape index (κ2) is 4.99. The number of hydrogen-bond acceptors (Lipinski definition) is 6. The SMILES string of the molecule is Cc1ccc([N+](=O)[O-])c(N2CCCC3(C2)OCCO3)n1. The Balaban J connectivity index is 1.92. The lowest BCUT2D eigenvalue weighted by molar-refractivity contribution is -0.384. The van der Waals surface area contributed by atoms with E-state index in [9.17, 15) is 10.1 Å². The number of anilines is 1. The lowest BCUT2D eigenvalue weighted by Crippen LogP contribution is -2.49. The molecule has 2 aliphatic rings. The highest BCUT2D eigenvalue weighted by atomic mass is 16.7. The Morgan fingerprint density at radius 2 is 2.15 bits per heavy atom. The molecule has 1 aromatic rings. The van der Waals surface area contributed by atoms with E-state index >= 15 is 0 Å². The molecule has 0 radical (unpaired) electrons. The predicted molar refractivity (Wildman–Crippen MR) is 71.7 cm³/mol. The van der Waals surface area contributed by atoms with Crippen LogP contribution in [0.2, 0.25) is 0 Å². The van der Waals surface area contributed by atoms with Crippen molar-refractivity contribution < 1.29 is 14.4 Å². The molecule has 2 saturated heterocycles. The molecule has 2 fully saturated rings. The summed E-state index contributed by atoms with van der Waals surface area (Å²) in [5, 5.41) is 11.2. The average Bonchev–Trinajstić information content (AvgIpc) is 2.86. The predicted octanol–water partition coefficient (Wildman–Crippen LogP) is 1.64. The molecule has 2 aliphatic heterocycles. The van der Waals surface area contributed by atoms with Gasteiger partial charge < -0.3 is 14.4 Å². The molecule has 0 unspecified atom stereocenters. The van der Waals surface area contributed by atoms with E-state index in [2.05, 4.69) is 4.98 Å². The van der Waals surface area contributed by atoms with Crippen molar-refractivity contribution in [2.24, 2.45) is 0 Å². The first-order valence-electron chi connectivity index (χ1n) is 6.75. The molecular formula is C13H17N3O4. The third-order valence-electron chi connectivity index (χ3n) is 3.72. The van der Waals surface area contributed by atoms with Crippen LogP contribution in [0.4, 0.5) is 11.5 Å². The minimum absolute atomic E-state index is 0.0330. The first kappa shape index (κ1) is 13.3. The second-order valence-electron chi connectivity index (χ2n) is 5.19. The van der Waals surface area contributed by atoms with Crippen molar-refractivity contribution in [3.8, 4) is 0 Å². The summed E-state index contributed by atoms with van der Waals surface area (Å²) in [7, 11) is 0. The summed E-state index contributed by atoms with van der Waals surface area (Å²) in [4.78, 5) is 17.0. The maximum absolute atomic E-state index is 11.2. The highest BCUT2D eigenvalue weighted by Gasteiger charge is 2.42. The lowest BCUT2D eigenvalue weighted by Gasteiger charge is -2.38. The lowest BCUT2D eigenvalue weighted by atomic mass is 10.0. The van der Waals surface area contributed by atoms with Gasteiger partial charge in [-0.15, -0.1) is 0 Å². The van der Waals surface area contributed by atoms with E-state index in [1.807, 2.05) is 11.8 Å². The van der Waals surface area contributed by atoms with E-state index in [4.69, 9.17) is 9.47 Å². The standard InChI is InChI=1S/C13H17N3O4/c1-10-3-4-11(16(17)18)12(14-10)15-6-2-5-13(9-15)19-7-8-20-13/h3-4H,2,5-9H2,1H3. The Labute approximate surface area is 116 Å². The van der Waals surface area contributed by atoms with Gasteiger partial charge in [-0.25, -0.2) is 4.98 Å². The van der Waals surface area contributed by atoms with Crippen LogP contribution in [0.15, 0.2) is 12.1 Å². The van der Waals surface area contributed by atoms with Gasteiger partial charge in [0.2, 0.25) is 5.82 Å². The summed E-state index contributed by atoms with van der Waals surface area (Å²) < 4.78 is 11.4. The maximum atomic E-state index is 11.2. The van der Waals surface area contributed by atoms with Crippen LogP contribution in [-0.2, 0) is 9.47 Å². The van der Waals surface area contributed by atoms with Gasteiger partial charge in [0.25, 0.3) is 0 Å². The van der Waals surface area contributed by atoms with Crippen molar-refractivity contribution >= 4 is 11.5 Å². The summed E-state index contributed by atoms with van der Waals surface area (Å²) in [5.41, 5.74) is 0.795. The van der Waals surface area contributed by atoms with E-state index in [1.165, 1.54) is 6.07 Å². The second-order valence-corrected chi connectivity index (χ2v) is 5.19. The van der Waals surface area contributed by atoms with Crippen LogP contribution in [0.1, 0.15) is 18.5 Å². The summed E-state index contributed by atoms with van der Waals surface area (Å²) >= 11 is 0. The van der Waals surface area contributed by atoms with Crippen molar-refractivity contribution in [3.05, 3.63) is 27.9 Å². The Kier molecular flexibility index (Phi) is 3.31. The molecule has 108 valence electrons. The van der Waals surface area contributed by atoms with E-state index in [0.717, 1.165) is 25.1 Å². The largest absolute Gasteiger partial charge is 0.346 e. The van der Waals surface area contributed by atoms with Crippen molar-refractivity contribution in [1.82, 2.24) is 4.98 Å². The fourth-order valence-corrected chi connectivity index (χ4v) is 2.81. The van der Waals surface area contributed by atoms with Gasteiger partial charge in [-0.2, -0.15) is 0 Å². The molecule has 0 aliphatic carbocycles. The number of ether oxygens (including phenoxy) is 2. The van der Waals surface area contributed by atoms with Gasteiger partial charge in [0.15, 0.2) is 5.79 Å². The fraction of sp³-hybridized carbons (Fsp3) is 0.615. The van der Waals surface area contributed by atoms with Crippen LogP contribution >= 0.6 is 0 Å². The van der Waals surface area contributed by atoms with Gasteiger partial charge in [0.1, 0.15) is 0 Å². The number of nitro groups is 1. The van der Waals surface area contributed by atoms with Crippen molar-refractivity contribution in [1.29, 1.82) is 0 Å². The summed E-state index contributed by atoms with van der Waals surface area (Å²) in [6.45, 7) is 4.21. The topological polar surface area (TPSA) is 77.7 Å². The molecule has 3 rings (SSSR count). The fourth-order valence-electron chi connectivity index (χ4n) is 2.81. The number of rotatable bonds is 2. The third kappa shape index (κ3) is 2.34. The third-order valence-corrected chi connectivity index (χ3v) is 3.72. The monoisotopic (exact) mass is 279 g/mol. The first-order chi connectivity index (χ1) is 9.60. The normalized spacial score (nSPS) is 21.4. The Morgan fingerprint density at radius 1 is 1.40 bits per heavy atom. The highest BCUT2D eigenvalue weighted by Crippen LogP contribution is 2.35. The van der Waals surface area contributed by atoms with Gasteiger partial charge in [-0.3, -0.25) is 10.1 Å². The van der Waals surface area contributed by atoms with Gasteiger partial charge >= 0.3 is 5.69 Å². The number of aryl methyl sites for hydroxylation is 1. The van der Waals surface area contributed by atoms with Crippen molar-refractivity contribution in [2.45, 2.75) is 25.6 Å². The van der Waals surface area contributed by atoms with Gasteiger partial charge in [-0.05, 0) is 19.4 Å². The van der Waals surface area contributed by atoms with Crippen LogP contribution in [0, 0.1) is 17.0 Å². The number of aromatic nitrogens is 1. The summed E-state index contributed by atoms with van der Waals surface area (Å²) in [6.07, 6.45) is 1.69. The van der Waals surface area contributed by atoms with E-state index < -0.39 is 5.79 Å². The molecule has 7 nitrogen and oxygen atoms in total. The zero-order chi connectivity index (χ0) is 14.2. The number of hydrogen-bond donors (Lipinski definition) is 0. The molecule has 0 atom stereocenters. The summed E-state index contributed by atoms with van der Waals surface area (Å²) in [6, 6.07) is 3.17. The van der Waals surface area contributed by atoms with Crippen molar-refractivity contribution in [2.75, 3.05) is 31.2 Å². The first-order valence-corrected chi connectivity index (χ1v) is 6.75. The maximum Gasteiger partial charge on any atom is 0.311 e. The molecule has 20 heavy (non-hydrogen) atoms. The Morgan fingerprint density at radius 3 is 2.85 bits per heavy atom. The minimum Gasteiger partial charge on any atom is -0.346 e. The van der Waals surface area contributed by atoms with Gasteiger partial charge in [0, 0.05) is 24.7 Å². The van der Waals surface area contributed by atoms with Crippen LogP contribution in [-0.4, -0.2) is 42.0 Å². The van der Waals surface area contributed by atoms with Crippen LogP contribution < -0.4 is 4.90 Å². The molecule has 0 saturated carbocycles. The van der Waals surface area contributed by atoms with Crippen molar-refractivity contribution in [3.63, 3.8) is 0 Å². The molecule has 3 heterocycles. The van der Waals surface area contributed by atoms with Crippen LogP contribution in [0.3, 0.4) is 0 Å². The van der Waals surface area contributed by atoms with Crippen LogP contribution in [0.5, 0.6) is 0 Å². The van der Waals surface area contributed by atoms with Gasteiger partial charge in [-0.1, -0.05) is 0 Å². The average molecular weight is 279 g/mol. The molecule has 1 aromatic heterocycles. The minimum atomic E-state index is -0.614. The van der Waals surface area contributed by atoms with Crippen LogP contribution in [0.25, 0.3) is 0 Å². The highest BCUT2D eigenvalue weighted by molar-refractivity contribution is 5.58. The number of nitrogens with zero attached hydrogens (tertiary/aromatic N) is 3. The molecule has 0 bridgehead atoms. The molecular weight excluding hydrogens is 262 g/mol. The molecule has 0 N–H and O–H groups in total. The van der Waals surface area contributed by atoms with Gasteiger partial charge in [0.05, 0.1) is 24.7 Å². The molecule has 7 heteroatoms. The van der Waals surface area contributed by atoms with E-state index in [0.29, 0.717) is 25.6 Å². The Hall–Kier alpha value is -1.73. The smallest absolute Gasteiger partial charge is 0.311 e. The quantitative estimate of drug-likeness (QED) is 0.605.